The first-order valence-electron chi connectivity index (χ1n) is 7.84. The second-order valence-electron chi connectivity index (χ2n) is 6.10. The van der Waals surface area contributed by atoms with Gasteiger partial charge in [-0.3, -0.25) is 4.79 Å². The summed E-state index contributed by atoms with van der Waals surface area (Å²) < 4.78 is 0. The van der Waals surface area contributed by atoms with Crippen molar-refractivity contribution in [3.63, 3.8) is 0 Å². The van der Waals surface area contributed by atoms with E-state index in [0.29, 0.717) is 12.5 Å². The van der Waals surface area contributed by atoms with Gasteiger partial charge in [-0.1, -0.05) is 12.8 Å². The Morgan fingerprint density at radius 1 is 1.57 bits per heavy atom. The van der Waals surface area contributed by atoms with Gasteiger partial charge in [0, 0.05) is 26.3 Å². The molecule has 2 aromatic rings. The SMILES string of the molecule is C#CCC(=O)N1CC[C@@H](C)[C@@H](N(C)c2ncnc3[nH]ccc23)C1. The van der Waals surface area contributed by atoms with Gasteiger partial charge in [0.05, 0.1) is 17.8 Å². The third-order valence-corrected chi connectivity index (χ3v) is 4.69. The van der Waals surface area contributed by atoms with Crippen LogP contribution in [0.2, 0.25) is 0 Å². The minimum atomic E-state index is 0.0345. The van der Waals surface area contributed by atoms with E-state index in [-0.39, 0.29) is 18.4 Å². The molecular formula is C17H21N5O. The molecule has 0 saturated carbocycles. The molecule has 23 heavy (non-hydrogen) atoms. The topological polar surface area (TPSA) is 65.1 Å². The minimum absolute atomic E-state index is 0.0345. The summed E-state index contributed by atoms with van der Waals surface area (Å²) in [4.78, 5) is 27.9. The maximum Gasteiger partial charge on any atom is 0.234 e. The third kappa shape index (κ3) is 2.87. The summed E-state index contributed by atoms with van der Waals surface area (Å²) in [5.74, 6) is 3.84. The number of H-pyrrole nitrogens is 1. The molecule has 1 aliphatic heterocycles. The van der Waals surface area contributed by atoms with Gasteiger partial charge < -0.3 is 14.8 Å². The lowest BCUT2D eigenvalue weighted by Gasteiger charge is -2.42. The van der Waals surface area contributed by atoms with Crippen molar-refractivity contribution in [2.75, 3.05) is 25.0 Å². The summed E-state index contributed by atoms with van der Waals surface area (Å²) in [7, 11) is 2.03. The first kappa shape index (κ1) is 15.3. The highest BCUT2D eigenvalue weighted by Gasteiger charge is 2.32. The monoisotopic (exact) mass is 311 g/mol. The van der Waals surface area contributed by atoms with Crippen molar-refractivity contribution in [1.82, 2.24) is 19.9 Å². The van der Waals surface area contributed by atoms with E-state index >= 15 is 0 Å². The number of piperidine rings is 1. The van der Waals surface area contributed by atoms with E-state index in [4.69, 9.17) is 6.42 Å². The van der Waals surface area contributed by atoms with Gasteiger partial charge in [-0.25, -0.2) is 9.97 Å². The number of rotatable bonds is 3. The Morgan fingerprint density at radius 2 is 2.39 bits per heavy atom. The van der Waals surface area contributed by atoms with E-state index in [9.17, 15) is 4.79 Å². The van der Waals surface area contributed by atoms with Crippen molar-refractivity contribution in [2.24, 2.45) is 5.92 Å². The average molecular weight is 311 g/mol. The van der Waals surface area contributed by atoms with E-state index in [0.717, 1.165) is 29.8 Å². The van der Waals surface area contributed by atoms with E-state index < -0.39 is 0 Å². The van der Waals surface area contributed by atoms with Crippen LogP contribution >= 0.6 is 0 Å². The summed E-state index contributed by atoms with van der Waals surface area (Å²) in [6, 6.07) is 2.19. The van der Waals surface area contributed by atoms with Crippen LogP contribution in [-0.2, 0) is 4.79 Å². The van der Waals surface area contributed by atoms with Crippen LogP contribution in [0.1, 0.15) is 19.8 Å². The maximum absolute atomic E-state index is 12.1. The first-order valence-corrected chi connectivity index (χ1v) is 7.84. The molecule has 0 aromatic carbocycles. The maximum atomic E-state index is 12.1. The van der Waals surface area contributed by atoms with Gasteiger partial charge in [-0.2, -0.15) is 0 Å². The molecule has 1 aliphatic rings. The highest BCUT2D eigenvalue weighted by Crippen LogP contribution is 2.28. The Hall–Kier alpha value is -2.55. The fourth-order valence-corrected chi connectivity index (χ4v) is 3.28. The van der Waals surface area contributed by atoms with Crippen molar-refractivity contribution in [3.8, 4) is 12.3 Å². The van der Waals surface area contributed by atoms with Crippen molar-refractivity contribution in [2.45, 2.75) is 25.8 Å². The van der Waals surface area contributed by atoms with Gasteiger partial charge in [0.1, 0.15) is 17.8 Å². The van der Waals surface area contributed by atoms with Crippen LogP contribution in [0, 0.1) is 18.3 Å². The summed E-state index contributed by atoms with van der Waals surface area (Å²) in [5, 5.41) is 0.995. The zero-order valence-corrected chi connectivity index (χ0v) is 13.5. The second-order valence-corrected chi connectivity index (χ2v) is 6.10. The Morgan fingerprint density at radius 3 is 3.17 bits per heavy atom. The molecule has 3 heterocycles. The zero-order chi connectivity index (χ0) is 16.4. The summed E-state index contributed by atoms with van der Waals surface area (Å²) in [6.07, 6.45) is 9.84. The van der Waals surface area contributed by atoms with Crippen molar-refractivity contribution >= 4 is 22.8 Å². The number of amides is 1. The van der Waals surface area contributed by atoms with E-state index in [1.54, 1.807) is 6.33 Å². The lowest BCUT2D eigenvalue weighted by Crippen LogP contribution is -2.52. The molecule has 2 aromatic heterocycles. The van der Waals surface area contributed by atoms with Crippen LogP contribution in [0.4, 0.5) is 5.82 Å². The number of likely N-dealkylation sites (N-methyl/N-ethyl adjacent to an activating group) is 1. The molecule has 2 atom stereocenters. The predicted molar refractivity (Wildman–Crippen MR) is 89.9 cm³/mol. The molecule has 0 bridgehead atoms. The predicted octanol–water partition coefficient (Wildman–Crippen LogP) is 1.65. The van der Waals surface area contributed by atoms with E-state index in [1.165, 1.54) is 0 Å². The standard InChI is InChI=1S/C17H21N5O/c1-4-5-15(23)22-9-7-12(2)14(10-22)21(3)17-13-6-8-18-16(13)19-11-20-17/h1,6,8,11-12,14H,5,7,9-10H2,2-3H3,(H,18,19,20)/t12-,14+/m1/s1. The number of terminal acetylenes is 1. The number of hydrogen-bond donors (Lipinski definition) is 1. The molecule has 3 rings (SSSR count). The zero-order valence-electron chi connectivity index (χ0n) is 13.5. The molecular weight excluding hydrogens is 290 g/mol. The number of nitrogens with one attached hydrogen (secondary N) is 1. The highest BCUT2D eigenvalue weighted by atomic mass is 16.2. The van der Waals surface area contributed by atoms with Crippen LogP contribution < -0.4 is 4.90 Å². The van der Waals surface area contributed by atoms with Crippen LogP contribution in [-0.4, -0.2) is 51.9 Å². The Balaban J connectivity index is 1.85. The van der Waals surface area contributed by atoms with Gasteiger partial charge in [0.25, 0.3) is 0 Å². The van der Waals surface area contributed by atoms with E-state index in [2.05, 4.69) is 32.7 Å². The van der Waals surface area contributed by atoms with Gasteiger partial charge in [-0.15, -0.1) is 6.42 Å². The molecule has 1 N–H and O–H groups in total. The van der Waals surface area contributed by atoms with Crippen LogP contribution in [0.3, 0.4) is 0 Å². The minimum Gasteiger partial charge on any atom is -0.354 e. The number of aromatic amines is 1. The largest absolute Gasteiger partial charge is 0.354 e. The smallest absolute Gasteiger partial charge is 0.234 e. The molecule has 1 fully saturated rings. The van der Waals surface area contributed by atoms with Gasteiger partial charge in [0.15, 0.2) is 0 Å². The number of carbonyl (C=O) groups is 1. The summed E-state index contributed by atoms with van der Waals surface area (Å²) >= 11 is 0. The molecule has 0 aliphatic carbocycles. The summed E-state index contributed by atoms with van der Waals surface area (Å²) in [6.45, 7) is 3.67. The highest BCUT2D eigenvalue weighted by molar-refractivity contribution is 5.87. The van der Waals surface area contributed by atoms with E-state index in [1.807, 2.05) is 24.2 Å². The Kier molecular flexibility index (Phi) is 4.20. The molecule has 120 valence electrons. The molecule has 6 heteroatoms. The van der Waals surface area contributed by atoms with Gasteiger partial charge >= 0.3 is 0 Å². The number of fused-ring (bicyclic) bond motifs is 1. The lowest BCUT2D eigenvalue weighted by molar-refractivity contribution is -0.131. The number of hydrogen-bond acceptors (Lipinski definition) is 4. The van der Waals surface area contributed by atoms with Crippen molar-refractivity contribution in [3.05, 3.63) is 18.6 Å². The normalized spacial score (nSPS) is 21.2. The number of anilines is 1. The van der Waals surface area contributed by atoms with Crippen LogP contribution in [0.15, 0.2) is 18.6 Å². The molecule has 6 nitrogen and oxygen atoms in total. The van der Waals surface area contributed by atoms with Crippen LogP contribution in [0.25, 0.3) is 11.0 Å². The number of nitrogens with zero attached hydrogens (tertiary/aromatic N) is 4. The van der Waals surface area contributed by atoms with Crippen LogP contribution in [0.5, 0.6) is 0 Å². The quantitative estimate of drug-likeness (QED) is 0.876. The fourth-order valence-electron chi connectivity index (χ4n) is 3.28. The molecule has 0 unspecified atom stereocenters. The number of likely N-dealkylation sites (tertiary alicyclic amines) is 1. The number of aromatic nitrogens is 3. The summed E-state index contributed by atoms with van der Waals surface area (Å²) in [5.41, 5.74) is 0.825. The number of carbonyl (C=O) groups excluding carboxylic acids is 1. The molecule has 0 spiro atoms. The van der Waals surface area contributed by atoms with Gasteiger partial charge in [-0.05, 0) is 18.4 Å². The first-order chi connectivity index (χ1) is 11.1. The molecule has 1 saturated heterocycles. The molecule has 1 amide bonds. The Labute approximate surface area is 135 Å². The average Bonchev–Trinajstić information content (AvgIpc) is 3.03. The molecule has 0 radical (unpaired) electrons. The third-order valence-electron chi connectivity index (χ3n) is 4.69. The van der Waals surface area contributed by atoms with Crippen molar-refractivity contribution in [1.29, 1.82) is 0 Å². The lowest BCUT2D eigenvalue weighted by atomic mass is 9.92. The second kappa shape index (κ2) is 6.29. The van der Waals surface area contributed by atoms with Gasteiger partial charge in [0.2, 0.25) is 5.91 Å². The van der Waals surface area contributed by atoms with Crippen molar-refractivity contribution < 1.29 is 4.79 Å². The Bertz CT molecular complexity index is 747. The fraction of sp³-hybridized carbons (Fsp3) is 0.471.